The third-order valence-electron chi connectivity index (χ3n) is 2.41. The second-order valence-electron chi connectivity index (χ2n) is 3.80. The average Bonchev–Trinajstić information content (AvgIpc) is 2.31. The van der Waals surface area contributed by atoms with Crippen molar-refractivity contribution in [3.05, 3.63) is 57.2 Å². The molecule has 0 radical (unpaired) electrons. The van der Waals surface area contributed by atoms with Gasteiger partial charge in [0.25, 0.3) is 0 Å². The Kier molecular flexibility index (Phi) is 4.02. The number of anilines is 1. The molecule has 1 aromatic carbocycles. The molecule has 4 heteroatoms. The van der Waals surface area contributed by atoms with Crippen LogP contribution in [0.2, 0.25) is 5.02 Å². The summed E-state index contributed by atoms with van der Waals surface area (Å²) >= 11 is 9.35. The van der Waals surface area contributed by atoms with Gasteiger partial charge >= 0.3 is 0 Å². The molecule has 0 amide bonds. The van der Waals surface area contributed by atoms with E-state index in [1.165, 1.54) is 0 Å². The lowest BCUT2D eigenvalue weighted by molar-refractivity contribution is 1.10. The first-order valence-electron chi connectivity index (χ1n) is 5.25. The zero-order valence-electron chi connectivity index (χ0n) is 9.37. The molecule has 0 aliphatic rings. The summed E-state index contributed by atoms with van der Waals surface area (Å²) in [5.74, 6) is 0.866. The molecule has 0 fully saturated rings. The number of aryl methyl sites for hydroxylation is 1. The minimum Gasteiger partial charge on any atom is -0.366 e. The lowest BCUT2D eigenvalue weighted by Crippen LogP contribution is -2.01. The smallest absolute Gasteiger partial charge is 0.126 e. The molecule has 0 atom stereocenters. The highest BCUT2D eigenvalue weighted by Crippen LogP contribution is 2.18. The summed E-state index contributed by atoms with van der Waals surface area (Å²) in [5, 5.41) is 4.02. The number of nitrogens with one attached hydrogen (secondary N) is 1. The Morgan fingerprint density at radius 1 is 1.35 bits per heavy atom. The molecule has 0 saturated heterocycles. The summed E-state index contributed by atoms with van der Waals surface area (Å²) in [7, 11) is 0. The molecular formula is C13H12BrClN2. The number of nitrogens with zero attached hydrogens (tertiary/aromatic N) is 1. The third-order valence-corrected chi connectivity index (χ3v) is 3.47. The molecule has 17 heavy (non-hydrogen) atoms. The van der Waals surface area contributed by atoms with Gasteiger partial charge < -0.3 is 5.32 Å². The molecule has 2 nitrogen and oxygen atoms in total. The van der Waals surface area contributed by atoms with Gasteiger partial charge in [-0.25, -0.2) is 4.98 Å². The zero-order valence-corrected chi connectivity index (χ0v) is 11.7. The van der Waals surface area contributed by atoms with Gasteiger partial charge in [0.2, 0.25) is 0 Å². The molecule has 2 rings (SSSR count). The molecule has 2 aromatic rings. The van der Waals surface area contributed by atoms with E-state index in [1.54, 1.807) is 6.20 Å². The van der Waals surface area contributed by atoms with Gasteiger partial charge in [0.1, 0.15) is 5.82 Å². The van der Waals surface area contributed by atoms with Crippen molar-refractivity contribution in [1.29, 1.82) is 0 Å². The standard InChI is InChI=1S/C13H12BrClN2/c1-9-5-13(17-8-12(9)14)16-7-10-3-2-4-11(15)6-10/h2-6,8H,7H2,1H3,(H,16,17). The van der Waals surface area contributed by atoms with Crippen LogP contribution in [0, 0.1) is 6.92 Å². The van der Waals surface area contributed by atoms with E-state index in [2.05, 4.69) is 26.2 Å². The highest BCUT2D eigenvalue weighted by molar-refractivity contribution is 9.10. The van der Waals surface area contributed by atoms with Gasteiger partial charge in [-0.1, -0.05) is 23.7 Å². The van der Waals surface area contributed by atoms with Crippen LogP contribution in [0.4, 0.5) is 5.82 Å². The first-order chi connectivity index (χ1) is 8.15. The summed E-state index contributed by atoms with van der Waals surface area (Å²) in [6.45, 7) is 2.75. The van der Waals surface area contributed by atoms with Crippen molar-refractivity contribution >= 4 is 33.3 Å². The van der Waals surface area contributed by atoms with E-state index in [0.29, 0.717) is 6.54 Å². The highest BCUT2D eigenvalue weighted by Gasteiger charge is 1.99. The quantitative estimate of drug-likeness (QED) is 0.907. The Morgan fingerprint density at radius 2 is 2.18 bits per heavy atom. The molecule has 0 bridgehead atoms. The Bertz CT molecular complexity index is 529. The van der Waals surface area contributed by atoms with E-state index >= 15 is 0 Å². The van der Waals surface area contributed by atoms with Crippen molar-refractivity contribution in [2.75, 3.05) is 5.32 Å². The number of benzene rings is 1. The van der Waals surface area contributed by atoms with Crippen LogP contribution < -0.4 is 5.32 Å². The molecule has 88 valence electrons. The predicted molar refractivity (Wildman–Crippen MR) is 75.5 cm³/mol. The Balaban J connectivity index is 2.05. The molecule has 1 heterocycles. The molecule has 0 spiro atoms. The largest absolute Gasteiger partial charge is 0.366 e. The van der Waals surface area contributed by atoms with Crippen LogP contribution in [0.25, 0.3) is 0 Å². The number of halogens is 2. The molecule has 0 aliphatic carbocycles. The maximum atomic E-state index is 5.92. The van der Waals surface area contributed by atoms with E-state index in [0.717, 1.165) is 26.4 Å². The molecule has 0 unspecified atom stereocenters. The van der Waals surface area contributed by atoms with E-state index in [-0.39, 0.29) is 0 Å². The van der Waals surface area contributed by atoms with Gasteiger partial charge in [0.15, 0.2) is 0 Å². The fourth-order valence-corrected chi connectivity index (χ4v) is 1.91. The van der Waals surface area contributed by atoms with Crippen LogP contribution in [-0.2, 0) is 6.54 Å². The second-order valence-corrected chi connectivity index (χ2v) is 5.09. The molecular weight excluding hydrogens is 300 g/mol. The summed E-state index contributed by atoms with van der Waals surface area (Å²) in [5.41, 5.74) is 2.30. The van der Waals surface area contributed by atoms with E-state index in [4.69, 9.17) is 11.6 Å². The highest BCUT2D eigenvalue weighted by atomic mass is 79.9. The van der Waals surface area contributed by atoms with Crippen molar-refractivity contribution in [1.82, 2.24) is 4.98 Å². The van der Waals surface area contributed by atoms with Gasteiger partial charge in [-0.15, -0.1) is 0 Å². The third kappa shape index (κ3) is 3.45. The summed E-state index contributed by atoms with van der Waals surface area (Å²) in [6.07, 6.45) is 1.80. The van der Waals surface area contributed by atoms with E-state index in [9.17, 15) is 0 Å². The monoisotopic (exact) mass is 310 g/mol. The molecule has 1 N–H and O–H groups in total. The van der Waals surface area contributed by atoms with Gasteiger partial charge in [-0.05, 0) is 52.2 Å². The molecule has 0 saturated carbocycles. The van der Waals surface area contributed by atoms with Crippen LogP contribution in [0.1, 0.15) is 11.1 Å². The first-order valence-corrected chi connectivity index (χ1v) is 6.43. The van der Waals surface area contributed by atoms with Gasteiger partial charge in [0.05, 0.1) is 0 Å². The number of aromatic nitrogens is 1. The summed E-state index contributed by atoms with van der Waals surface area (Å²) in [4.78, 5) is 4.29. The zero-order chi connectivity index (χ0) is 12.3. The van der Waals surface area contributed by atoms with Crippen molar-refractivity contribution in [3.63, 3.8) is 0 Å². The second kappa shape index (κ2) is 5.52. The minimum absolute atomic E-state index is 0.717. The van der Waals surface area contributed by atoms with E-state index < -0.39 is 0 Å². The molecule has 0 aliphatic heterocycles. The maximum Gasteiger partial charge on any atom is 0.126 e. The average molecular weight is 312 g/mol. The van der Waals surface area contributed by atoms with Crippen LogP contribution >= 0.6 is 27.5 Å². The number of rotatable bonds is 3. The van der Waals surface area contributed by atoms with Crippen LogP contribution in [0.15, 0.2) is 41.0 Å². The van der Waals surface area contributed by atoms with Gasteiger partial charge in [0, 0.05) is 22.2 Å². The summed E-state index contributed by atoms with van der Waals surface area (Å²) < 4.78 is 1.02. The number of hydrogen-bond donors (Lipinski definition) is 1. The lowest BCUT2D eigenvalue weighted by atomic mass is 10.2. The SMILES string of the molecule is Cc1cc(NCc2cccc(Cl)c2)ncc1Br. The number of pyridine rings is 1. The van der Waals surface area contributed by atoms with Crippen LogP contribution in [0.3, 0.4) is 0 Å². The fraction of sp³-hybridized carbons (Fsp3) is 0.154. The predicted octanol–water partition coefficient (Wildman–Crippen LogP) is 4.42. The Hall–Kier alpha value is -1.06. The van der Waals surface area contributed by atoms with Crippen molar-refractivity contribution in [3.8, 4) is 0 Å². The van der Waals surface area contributed by atoms with Crippen molar-refractivity contribution < 1.29 is 0 Å². The van der Waals surface area contributed by atoms with Crippen LogP contribution in [0.5, 0.6) is 0 Å². The van der Waals surface area contributed by atoms with Gasteiger partial charge in [-0.2, -0.15) is 0 Å². The van der Waals surface area contributed by atoms with Gasteiger partial charge in [-0.3, -0.25) is 0 Å². The lowest BCUT2D eigenvalue weighted by Gasteiger charge is -2.07. The normalized spacial score (nSPS) is 10.3. The van der Waals surface area contributed by atoms with Crippen molar-refractivity contribution in [2.24, 2.45) is 0 Å². The topological polar surface area (TPSA) is 24.9 Å². The Morgan fingerprint density at radius 3 is 2.88 bits per heavy atom. The summed E-state index contributed by atoms with van der Waals surface area (Å²) in [6, 6.07) is 9.80. The van der Waals surface area contributed by atoms with E-state index in [1.807, 2.05) is 37.3 Å². The van der Waals surface area contributed by atoms with Crippen LogP contribution in [-0.4, -0.2) is 4.98 Å². The maximum absolute atomic E-state index is 5.92. The Labute approximate surface area is 114 Å². The minimum atomic E-state index is 0.717. The molecule has 1 aromatic heterocycles. The number of hydrogen-bond acceptors (Lipinski definition) is 2. The fourth-order valence-electron chi connectivity index (χ4n) is 1.48. The first kappa shape index (κ1) is 12.4. The van der Waals surface area contributed by atoms with Crippen molar-refractivity contribution in [2.45, 2.75) is 13.5 Å².